The average Bonchev–Trinajstić information content (AvgIpc) is 3.20. The number of allylic oxidation sites excluding steroid dienone is 4. The van der Waals surface area contributed by atoms with Gasteiger partial charge in [-0.1, -0.05) is 192 Å². The molecule has 0 aromatic rings. The number of hydrogen-bond donors (Lipinski definition) is 3. The van der Waals surface area contributed by atoms with E-state index in [-0.39, 0.29) is 19.4 Å². The number of aliphatic hydroxyl groups is 2. The second-order valence-corrected chi connectivity index (χ2v) is 17.2. The molecule has 0 amide bonds. The Labute approximate surface area is 348 Å². The van der Waals surface area contributed by atoms with Gasteiger partial charge in [0.1, 0.15) is 12.7 Å². The van der Waals surface area contributed by atoms with E-state index in [1.54, 1.807) is 0 Å². The minimum Gasteiger partial charge on any atom is -0.462 e. The lowest BCUT2D eigenvalue weighted by Gasteiger charge is -2.20. The number of carbonyl (C=O) groups is 2. The van der Waals surface area contributed by atoms with Crippen LogP contribution in [0.15, 0.2) is 24.3 Å². The summed E-state index contributed by atoms with van der Waals surface area (Å²) in [5, 5.41) is 18.3. The minimum atomic E-state index is -4.62. The zero-order chi connectivity index (χ0) is 41.9. The molecule has 0 aliphatic carbocycles. The van der Waals surface area contributed by atoms with Crippen molar-refractivity contribution in [3.8, 4) is 0 Å². The van der Waals surface area contributed by atoms with E-state index in [0.717, 1.165) is 64.2 Å². The van der Waals surface area contributed by atoms with Crippen molar-refractivity contribution < 1.29 is 47.8 Å². The van der Waals surface area contributed by atoms with Crippen molar-refractivity contribution in [2.24, 2.45) is 0 Å². The Morgan fingerprint density at radius 1 is 0.526 bits per heavy atom. The SMILES string of the molecule is CCCC/C=C/C/C=C/CCCCCCCC(=O)OC[C@H](COP(=O)(O)OC[C@@H](O)CO)OC(=O)CCCCCCCCCCCCCCCCCCCCCC. The van der Waals surface area contributed by atoms with E-state index in [1.807, 2.05) is 0 Å². The Balaban J connectivity index is 4.21. The van der Waals surface area contributed by atoms with E-state index >= 15 is 0 Å². The van der Waals surface area contributed by atoms with E-state index in [9.17, 15) is 24.2 Å². The molecule has 0 aliphatic heterocycles. The number of esters is 2. The predicted molar refractivity (Wildman–Crippen MR) is 233 cm³/mol. The highest BCUT2D eigenvalue weighted by molar-refractivity contribution is 7.47. The van der Waals surface area contributed by atoms with Crippen LogP contribution in [0.25, 0.3) is 0 Å². The van der Waals surface area contributed by atoms with Crippen LogP contribution in [0.1, 0.15) is 219 Å². The van der Waals surface area contributed by atoms with Gasteiger partial charge in [-0.25, -0.2) is 4.57 Å². The van der Waals surface area contributed by atoms with Crippen molar-refractivity contribution in [3.63, 3.8) is 0 Å². The normalized spacial score (nSPS) is 14.0. The largest absolute Gasteiger partial charge is 0.472 e. The highest BCUT2D eigenvalue weighted by Crippen LogP contribution is 2.43. The summed E-state index contributed by atoms with van der Waals surface area (Å²) in [6.45, 7) is 2.36. The second-order valence-electron chi connectivity index (χ2n) is 15.8. The highest BCUT2D eigenvalue weighted by Gasteiger charge is 2.27. The summed E-state index contributed by atoms with van der Waals surface area (Å²) in [5.41, 5.74) is 0. The number of hydrogen-bond acceptors (Lipinski definition) is 9. The van der Waals surface area contributed by atoms with Gasteiger partial charge in [-0.05, 0) is 38.5 Å². The van der Waals surface area contributed by atoms with Gasteiger partial charge in [0, 0.05) is 12.8 Å². The summed E-state index contributed by atoms with van der Waals surface area (Å²) in [7, 11) is -4.62. The Hall–Kier alpha value is -1.55. The molecule has 0 aromatic carbocycles. The Morgan fingerprint density at radius 2 is 0.930 bits per heavy atom. The lowest BCUT2D eigenvalue weighted by atomic mass is 10.0. The molecule has 3 N–H and O–H groups in total. The molecule has 0 aromatic heterocycles. The second kappa shape index (κ2) is 42.6. The van der Waals surface area contributed by atoms with Gasteiger partial charge in [-0.3, -0.25) is 18.6 Å². The molecule has 57 heavy (non-hydrogen) atoms. The lowest BCUT2D eigenvalue weighted by molar-refractivity contribution is -0.161. The fourth-order valence-corrected chi connectivity index (χ4v) is 7.27. The monoisotopic (exact) mass is 831 g/mol. The third-order valence-corrected chi connectivity index (χ3v) is 11.1. The van der Waals surface area contributed by atoms with Crippen molar-refractivity contribution in [1.29, 1.82) is 0 Å². The van der Waals surface area contributed by atoms with Gasteiger partial charge in [0.15, 0.2) is 6.10 Å². The fraction of sp³-hybridized carbons (Fsp3) is 0.870. The van der Waals surface area contributed by atoms with Gasteiger partial charge in [-0.15, -0.1) is 0 Å². The summed E-state index contributed by atoms with van der Waals surface area (Å²) < 4.78 is 32.8. The molecule has 0 bridgehead atoms. The van der Waals surface area contributed by atoms with E-state index in [0.29, 0.717) is 12.8 Å². The molecule has 3 atom stereocenters. The molecule has 0 saturated heterocycles. The first kappa shape index (κ1) is 55.5. The van der Waals surface area contributed by atoms with Gasteiger partial charge in [0.25, 0.3) is 0 Å². The molecule has 1 unspecified atom stereocenters. The molecule has 0 spiro atoms. The summed E-state index contributed by atoms with van der Waals surface area (Å²) in [4.78, 5) is 35.0. The predicted octanol–water partition coefficient (Wildman–Crippen LogP) is 12.6. The molecule has 0 aliphatic rings. The molecule has 0 radical (unpaired) electrons. The molecular weight excluding hydrogens is 743 g/mol. The van der Waals surface area contributed by atoms with Crippen LogP contribution in [0, 0.1) is 0 Å². The van der Waals surface area contributed by atoms with Crippen LogP contribution in [0.3, 0.4) is 0 Å². The zero-order valence-corrected chi connectivity index (χ0v) is 37.5. The highest BCUT2D eigenvalue weighted by atomic mass is 31.2. The van der Waals surface area contributed by atoms with Crippen LogP contribution in [-0.4, -0.2) is 65.7 Å². The van der Waals surface area contributed by atoms with Gasteiger partial charge < -0.3 is 24.6 Å². The minimum absolute atomic E-state index is 0.186. The van der Waals surface area contributed by atoms with Crippen molar-refractivity contribution in [3.05, 3.63) is 24.3 Å². The molecule has 10 nitrogen and oxygen atoms in total. The molecule has 0 rings (SSSR count). The number of carbonyl (C=O) groups excluding carboxylic acids is 2. The topological polar surface area (TPSA) is 149 Å². The number of unbranched alkanes of at least 4 members (excludes halogenated alkanes) is 26. The first-order valence-electron chi connectivity index (χ1n) is 23.3. The van der Waals surface area contributed by atoms with E-state index in [2.05, 4.69) is 38.2 Å². The summed E-state index contributed by atoms with van der Waals surface area (Å²) >= 11 is 0. The Bertz CT molecular complexity index is 1000. The number of phosphoric acid groups is 1. The van der Waals surface area contributed by atoms with Gasteiger partial charge in [-0.2, -0.15) is 0 Å². The maximum Gasteiger partial charge on any atom is 0.472 e. The van der Waals surface area contributed by atoms with Crippen molar-refractivity contribution in [2.45, 2.75) is 232 Å². The van der Waals surface area contributed by atoms with E-state index in [4.69, 9.17) is 23.6 Å². The number of aliphatic hydroxyl groups excluding tert-OH is 2. The molecule has 0 heterocycles. The van der Waals surface area contributed by atoms with Gasteiger partial charge >= 0.3 is 19.8 Å². The smallest absolute Gasteiger partial charge is 0.462 e. The maximum atomic E-state index is 12.6. The van der Waals surface area contributed by atoms with Crippen LogP contribution in [0.4, 0.5) is 0 Å². The Kier molecular flexibility index (Phi) is 41.4. The van der Waals surface area contributed by atoms with Crippen LogP contribution in [-0.2, 0) is 32.7 Å². The van der Waals surface area contributed by atoms with Crippen molar-refractivity contribution >= 4 is 19.8 Å². The third kappa shape index (κ3) is 42.4. The van der Waals surface area contributed by atoms with E-state index in [1.165, 1.54) is 116 Å². The fourth-order valence-electron chi connectivity index (χ4n) is 6.48. The molecule has 11 heteroatoms. The summed E-state index contributed by atoms with van der Waals surface area (Å²) in [6, 6.07) is 0. The zero-order valence-electron chi connectivity index (χ0n) is 36.6. The number of phosphoric ester groups is 1. The summed E-state index contributed by atoms with van der Waals surface area (Å²) in [6.07, 6.45) is 42.9. The lowest BCUT2D eigenvalue weighted by Crippen LogP contribution is -2.29. The van der Waals surface area contributed by atoms with Gasteiger partial charge in [0.05, 0.1) is 19.8 Å². The number of ether oxygens (including phenoxy) is 2. The summed E-state index contributed by atoms with van der Waals surface area (Å²) in [5.74, 6) is -0.931. The van der Waals surface area contributed by atoms with Crippen LogP contribution in [0.2, 0.25) is 0 Å². The first-order valence-corrected chi connectivity index (χ1v) is 24.8. The van der Waals surface area contributed by atoms with Crippen LogP contribution < -0.4 is 0 Å². The Morgan fingerprint density at radius 3 is 1.40 bits per heavy atom. The molecule has 336 valence electrons. The van der Waals surface area contributed by atoms with Crippen molar-refractivity contribution in [1.82, 2.24) is 0 Å². The third-order valence-electron chi connectivity index (χ3n) is 10.1. The molecule has 0 fully saturated rings. The molecular formula is C46H87O10P. The van der Waals surface area contributed by atoms with Crippen LogP contribution in [0.5, 0.6) is 0 Å². The average molecular weight is 831 g/mol. The standard InChI is InChI=1S/C46H87O10P/c1-3-5-7-9-11-13-15-17-19-20-21-22-23-24-26-28-30-32-34-36-38-46(50)56-44(42-55-57(51,52)54-40-43(48)39-47)41-53-45(49)37-35-33-31-29-27-25-18-16-14-12-10-8-6-4-2/h10,12,16,18,43-44,47-48H,3-9,11,13-15,17,19-42H2,1-2H3,(H,51,52)/b12-10+,18-16+/t43-,44+/m0/s1. The quantitative estimate of drug-likeness (QED) is 0.0234. The maximum absolute atomic E-state index is 12.6. The van der Waals surface area contributed by atoms with E-state index < -0.39 is 51.8 Å². The van der Waals surface area contributed by atoms with Crippen molar-refractivity contribution in [2.75, 3.05) is 26.4 Å². The first-order chi connectivity index (χ1) is 27.7. The molecule has 0 saturated carbocycles. The van der Waals surface area contributed by atoms with Gasteiger partial charge in [0.2, 0.25) is 0 Å². The number of rotatable bonds is 44. The van der Waals surface area contributed by atoms with Crippen LogP contribution >= 0.6 is 7.82 Å².